The molecule has 1 aliphatic carbocycles. The van der Waals surface area contributed by atoms with Crippen LogP contribution in [0.4, 0.5) is 11.5 Å². The van der Waals surface area contributed by atoms with Crippen molar-refractivity contribution in [3.63, 3.8) is 0 Å². The van der Waals surface area contributed by atoms with Gasteiger partial charge in [-0.25, -0.2) is 4.98 Å². The molecule has 1 aliphatic rings. The molecule has 0 bridgehead atoms. The van der Waals surface area contributed by atoms with Crippen molar-refractivity contribution >= 4 is 22.3 Å². The van der Waals surface area contributed by atoms with E-state index in [0.29, 0.717) is 11.3 Å². The summed E-state index contributed by atoms with van der Waals surface area (Å²) in [5.74, 6) is 0.874. The van der Waals surface area contributed by atoms with Crippen molar-refractivity contribution in [2.75, 3.05) is 5.73 Å². The van der Waals surface area contributed by atoms with Crippen molar-refractivity contribution in [2.24, 2.45) is 0 Å². The van der Waals surface area contributed by atoms with Crippen LogP contribution in [0.5, 0.6) is 5.75 Å². The average molecular weight is 450 g/mol. The van der Waals surface area contributed by atoms with Gasteiger partial charge in [-0.1, -0.05) is 30.3 Å². The summed E-state index contributed by atoms with van der Waals surface area (Å²) in [7, 11) is 0. The Balaban J connectivity index is 1.67. The van der Waals surface area contributed by atoms with Gasteiger partial charge in [-0.2, -0.15) is 5.26 Å². The van der Waals surface area contributed by atoms with Crippen molar-refractivity contribution in [3.05, 3.63) is 93.2 Å². The molecule has 1 aromatic heterocycles. The molecule has 0 aliphatic heterocycles. The van der Waals surface area contributed by atoms with Crippen molar-refractivity contribution in [2.45, 2.75) is 32.3 Å². The number of aromatic nitrogens is 1. The van der Waals surface area contributed by atoms with Gasteiger partial charge in [0.15, 0.2) is 0 Å². The number of hydrogen-bond donors (Lipinski definition) is 1. The van der Waals surface area contributed by atoms with E-state index < -0.39 is 4.92 Å². The Morgan fingerprint density at radius 2 is 1.79 bits per heavy atom. The van der Waals surface area contributed by atoms with Gasteiger partial charge < -0.3 is 10.5 Å². The topological polar surface area (TPSA) is 115 Å². The Morgan fingerprint density at radius 1 is 1.03 bits per heavy atom. The first-order valence-corrected chi connectivity index (χ1v) is 11.2. The lowest BCUT2D eigenvalue weighted by molar-refractivity contribution is -0.384. The minimum atomic E-state index is -0.424. The second kappa shape index (κ2) is 8.83. The van der Waals surface area contributed by atoms with E-state index >= 15 is 0 Å². The van der Waals surface area contributed by atoms with Crippen LogP contribution in [0.25, 0.3) is 21.9 Å². The number of pyridine rings is 1. The summed E-state index contributed by atoms with van der Waals surface area (Å²) in [6.07, 6.45) is 3.74. The smallest absolute Gasteiger partial charge is 0.269 e. The van der Waals surface area contributed by atoms with E-state index in [-0.39, 0.29) is 18.1 Å². The molecule has 0 atom stereocenters. The number of nitrogens with two attached hydrogens (primary N) is 1. The van der Waals surface area contributed by atoms with E-state index in [1.807, 2.05) is 36.4 Å². The van der Waals surface area contributed by atoms with Crippen molar-refractivity contribution in [1.82, 2.24) is 4.98 Å². The fraction of sp³-hybridized carbons (Fsp3) is 0.185. The van der Waals surface area contributed by atoms with Crippen LogP contribution in [-0.4, -0.2) is 9.91 Å². The molecule has 0 radical (unpaired) electrons. The Bertz CT molecular complexity index is 1460. The summed E-state index contributed by atoms with van der Waals surface area (Å²) in [5.41, 5.74) is 11.1. The highest BCUT2D eigenvalue weighted by Crippen LogP contribution is 2.44. The van der Waals surface area contributed by atoms with Crippen molar-refractivity contribution in [3.8, 4) is 22.9 Å². The monoisotopic (exact) mass is 450 g/mol. The number of aryl methyl sites for hydroxylation is 1. The van der Waals surface area contributed by atoms with Crippen LogP contribution in [0.3, 0.4) is 0 Å². The molecule has 1 heterocycles. The number of hydrogen-bond acceptors (Lipinski definition) is 6. The molecule has 168 valence electrons. The normalized spacial score (nSPS) is 12.7. The Kier molecular flexibility index (Phi) is 5.56. The quantitative estimate of drug-likeness (QED) is 0.307. The maximum Gasteiger partial charge on any atom is 0.269 e. The number of nitriles is 1. The van der Waals surface area contributed by atoms with Gasteiger partial charge in [-0.05, 0) is 65.8 Å². The number of benzene rings is 3. The van der Waals surface area contributed by atoms with E-state index in [1.165, 1.54) is 12.1 Å². The van der Waals surface area contributed by atoms with Crippen LogP contribution in [0.15, 0.2) is 60.7 Å². The Hall–Kier alpha value is -4.44. The molecular formula is C27H22N4O3. The Labute approximate surface area is 196 Å². The molecule has 3 aromatic carbocycles. The SMILES string of the molecule is N#Cc1c(N)nc2c(c1-c1c(OCc3ccc([N+](=O)[O-])cc3)ccc3ccccc13)CCCC2. The molecule has 2 N–H and O–H groups in total. The number of nitro groups is 1. The second-order valence-corrected chi connectivity index (χ2v) is 8.36. The van der Waals surface area contributed by atoms with Crippen molar-refractivity contribution < 1.29 is 9.66 Å². The molecule has 0 saturated heterocycles. The molecule has 0 fully saturated rings. The van der Waals surface area contributed by atoms with E-state index in [9.17, 15) is 15.4 Å². The number of nitrogens with zero attached hydrogens (tertiary/aromatic N) is 3. The van der Waals surface area contributed by atoms with E-state index in [2.05, 4.69) is 11.1 Å². The van der Waals surface area contributed by atoms with Crippen LogP contribution in [0, 0.1) is 21.4 Å². The third-order valence-electron chi connectivity index (χ3n) is 6.30. The second-order valence-electron chi connectivity index (χ2n) is 8.36. The molecule has 34 heavy (non-hydrogen) atoms. The van der Waals surface area contributed by atoms with Crippen molar-refractivity contribution in [1.29, 1.82) is 5.26 Å². The van der Waals surface area contributed by atoms with E-state index in [4.69, 9.17) is 10.5 Å². The number of fused-ring (bicyclic) bond motifs is 2. The Morgan fingerprint density at radius 3 is 2.56 bits per heavy atom. The lowest BCUT2D eigenvalue weighted by atomic mass is 9.84. The zero-order chi connectivity index (χ0) is 23.7. The third kappa shape index (κ3) is 3.80. The molecule has 4 aromatic rings. The lowest BCUT2D eigenvalue weighted by Crippen LogP contribution is -2.12. The van der Waals surface area contributed by atoms with Gasteiger partial charge in [0.1, 0.15) is 29.8 Å². The number of ether oxygens (including phenoxy) is 1. The average Bonchev–Trinajstić information content (AvgIpc) is 2.86. The highest BCUT2D eigenvalue weighted by molar-refractivity contribution is 6.02. The fourth-order valence-electron chi connectivity index (χ4n) is 4.66. The highest BCUT2D eigenvalue weighted by atomic mass is 16.6. The maximum absolute atomic E-state index is 11.0. The van der Waals surface area contributed by atoms with Gasteiger partial charge in [-0.15, -0.1) is 0 Å². The maximum atomic E-state index is 11.0. The molecule has 0 saturated carbocycles. The van der Waals surface area contributed by atoms with Crippen LogP contribution < -0.4 is 10.5 Å². The summed E-state index contributed by atoms with van der Waals surface area (Å²) < 4.78 is 6.28. The molecule has 5 rings (SSSR count). The number of rotatable bonds is 5. The molecule has 0 unspecified atom stereocenters. The minimum Gasteiger partial charge on any atom is -0.488 e. The number of nitrogen functional groups attached to an aromatic ring is 1. The van der Waals surface area contributed by atoms with Gasteiger partial charge in [0.25, 0.3) is 5.69 Å². The van der Waals surface area contributed by atoms with Gasteiger partial charge in [0, 0.05) is 29.0 Å². The lowest BCUT2D eigenvalue weighted by Gasteiger charge is -2.23. The standard InChI is InChI=1S/C27H22N4O3/c28-15-22-25(21-7-3-4-8-23(21)30-27(22)29)26-20-6-2-1-5-18(20)11-14-24(26)34-16-17-9-12-19(13-10-17)31(32)33/h1-2,5-6,9-14H,3-4,7-8,16H2,(H2,29,30). The minimum absolute atomic E-state index is 0.0349. The highest BCUT2D eigenvalue weighted by Gasteiger charge is 2.25. The molecule has 0 amide bonds. The molecule has 7 heteroatoms. The predicted molar refractivity (Wildman–Crippen MR) is 130 cm³/mol. The first-order chi connectivity index (χ1) is 16.6. The zero-order valence-electron chi connectivity index (χ0n) is 18.5. The summed E-state index contributed by atoms with van der Waals surface area (Å²) >= 11 is 0. The zero-order valence-corrected chi connectivity index (χ0v) is 18.5. The fourth-order valence-corrected chi connectivity index (χ4v) is 4.66. The molecular weight excluding hydrogens is 428 g/mol. The number of anilines is 1. The van der Waals surface area contributed by atoms with Gasteiger partial charge in [0.2, 0.25) is 0 Å². The number of nitro benzene ring substituents is 1. The third-order valence-corrected chi connectivity index (χ3v) is 6.30. The van der Waals surface area contributed by atoms with E-state index in [1.54, 1.807) is 12.1 Å². The number of non-ortho nitro benzene ring substituents is 1. The summed E-state index contributed by atoms with van der Waals surface area (Å²) in [6, 6.07) is 20.5. The first-order valence-electron chi connectivity index (χ1n) is 11.2. The summed E-state index contributed by atoms with van der Waals surface area (Å²) in [5, 5.41) is 23.0. The van der Waals surface area contributed by atoms with E-state index in [0.717, 1.165) is 64.4 Å². The predicted octanol–water partition coefficient (Wildman–Crippen LogP) is 5.72. The largest absolute Gasteiger partial charge is 0.488 e. The van der Waals surface area contributed by atoms with Gasteiger partial charge in [-0.3, -0.25) is 10.1 Å². The van der Waals surface area contributed by atoms with Gasteiger partial charge in [0.05, 0.1) is 4.92 Å². The van der Waals surface area contributed by atoms with Gasteiger partial charge >= 0.3 is 0 Å². The summed E-state index contributed by atoms with van der Waals surface area (Å²) in [6.45, 7) is 0.230. The molecule has 0 spiro atoms. The van der Waals surface area contributed by atoms with Crippen LogP contribution in [0.2, 0.25) is 0 Å². The van der Waals surface area contributed by atoms with Crippen LogP contribution in [-0.2, 0) is 19.4 Å². The molecule has 7 nitrogen and oxygen atoms in total. The van der Waals surface area contributed by atoms with Crippen LogP contribution in [0.1, 0.15) is 35.2 Å². The first kappa shape index (κ1) is 21.4. The summed E-state index contributed by atoms with van der Waals surface area (Å²) in [4.78, 5) is 15.1. The van der Waals surface area contributed by atoms with Crippen LogP contribution >= 0.6 is 0 Å².